The Balaban J connectivity index is 2.45. The molecule has 1 aromatic rings. The van der Waals surface area contributed by atoms with Gasteiger partial charge in [0.15, 0.2) is 0 Å². The van der Waals surface area contributed by atoms with Gasteiger partial charge in [0.2, 0.25) is 0 Å². The van der Waals surface area contributed by atoms with Crippen LogP contribution in [0.25, 0.3) is 0 Å². The van der Waals surface area contributed by atoms with Crippen molar-refractivity contribution in [1.29, 1.82) is 0 Å². The predicted octanol–water partition coefficient (Wildman–Crippen LogP) is 3.56. The molecule has 1 aromatic carbocycles. The van der Waals surface area contributed by atoms with Gasteiger partial charge in [0, 0.05) is 6.42 Å². The molecular formula is C14H21FO. The molecule has 0 aliphatic carbocycles. The first-order valence-corrected chi connectivity index (χ1v) is 6.05. The van der Waals surface area contributed by atoms with E-state index in [1.807, 2.05) is 0 Å². The lowest BCUT2D eigenvalue weighted by Crippen LogP contribution is -2.15. The van der Waals surface area contributed by atoms with Crippen LogP contribution in [-0.2, 0) is 6.42 Å². The maximum absolute atomic E-state index is 13.3. The lowest BCUT2D eigenvalue weighted by molar-refractivity contribution is 0.142. The molecule has 2 unspecified atom stereocenters. The van der Waals surface area contributed by atoms with Gasteiger partial charge in [-0.1, -0.05) is 44.9 Å². The molecule has 0 saturated carbocycles. The van der Waals surface area contributed by atoms with Gasteiger partial charge in [-0.05, 0) is 24.0 Å². The Morgan fingerprint density at radius 3 is 2.62 bits per heavy atom. The summed E-state index contributed by atoms with van der Waals surface area (Å²) >= 11 is 0. The van der Waals surface area contributed by atoms with E-state index in [1.165, 1.54) is 6.07 Å². The highest BCUT2D eigenvalue weighted by Gasteiger charge is 2.12. The first-order chi connectivity index (χ1) is 7.63. The first-order valence-electron chi connectivity index (χ1n) is 6.05. The van der Waals surface area contributed by atoms with Crippen molar-refractivity contribution in [2.45, 2.75) is 45.6 Å². The smallest absolute Gasteiger partial charge is 0.126 e. The van der Waals surface area contributed by atoms with Crippen LogP contribution in [0.15, 0.2) is 24.3 Å². The summed E-state index contributed by atoms with van der Waals surface area (Å²) in [6.45, 7) is 4.27. The fourth-order valence-corrected chi connectivity index (χ4v) is 2.08. The minimum atomic E-state index is -0.432. The fraction of sp³-hybridized carbons (Fsp3) is 0.571. The van der Waals surface area contributed by atoms with Gasteiger partial charge in [-0.15, -0.1) is 0 Å². The van der Waals surface area contributed by atoms with Gasteiger partial charge < -0.3 is 5.11 Å². The van der Waals surface area contributed by atoms with Gasteiger partial charge in [0.05, 0.1) is 6.10 Å². The topological polar surface area (TPSA) is 20.2 Å². The summed E-state index contributed by atoms with van der Waals surface area (Å²) in [6, 6.07) is 6.66. The summed E-state index contributed by atoms with van der Waals surface area (Å²) in [5.41, 5.74) is 0.610. The van der Waals surface area contributed by atoms with Crippen LogP contribution in [0.2, 0.25) is 0 Å². The molecule has 0 saturated heterocycles. The molecule has 1 N–H and O–H groups in total. The standard InChI is InChI=1S/C14H21FO/c1-3-6-11(2)9-13(16)10-12-7-4-5-8-14(12)15/h4-5,7-8,11,13,16H,3,6,9-10H2,1-2H3. The van der Waals surface area contributed by atoms with Crippen molar-refractivity contribution < 1.29 is 9.50 Å². The molecule has 0 amide bonds. The molecule has 0 fully saturated rings. The number of aliphatic hydroxyl groups is 1. The summed E-state index contributed by atoms with van der Waals surface area (Å²) in [4.78, 5) is 0. The quantitative estimate of drug-likeness (QED) is 0.783. The van der Waals surface area contributed by atoms with Crippen molar-refractivity contribution in [3.05, 3.63) is 35.6 Å². The van der Waals surface area contributed by atoms with E-state index in [4.69, 9.17) is 0 Å². The number of hydrogen-bond donors (Lipinski definition) is 1. The van der Waals surface area contributed by atoms with Crippen LogP contribution in [0.4, 0.5) is 4.39 Å². The van der Waals surface area contributed by atoms with Crippen molar-refractivity contribution >= 4 is 0 Å². The summed E-state index contributed by atoms with van der Waals surface area (Å²) < 4.78 is 13.3. The van der Waals surface area contributed by atoms with Crippen molar-refractivity contribution in [3.8, 4) is 0 Å². The Bertz CT molecular complexity index is 311. The Morgan fingerprint density at radius 2 is 2.00 bits per heavy atom. The Kier molecular flexibility index (Phi) is 5.47. The fourth-order valence-electron chi connectivity index (χ4n) is 2.08. The van der Waals surface area contributed by atoms with Crippen molar-refractivity contribution in [2.75, 3.05) is 0 Å². The second-order valence-corrected chi connectivity index (χ2v) is 4.58. The molecule has 1 nitrogen and oxygen atoms in total. The van der Waals surface area contributed by atoms with Gasteiger partial charge in [-0.2, -0.15) is 0 Å². The van der Waals surface area contributed by atoms with E-state index in [9.17, 15) is 9.50 Å². The third-order valence-corrected chi connectivity index (χ3v) is 2.87. The highest BCUT2D eigenvalue weighted by atomic mass is 19.1. The van der Waals surface area contributed by atoms with Gasteiger partial charge in [0.25, 0.3) is 0 Å². The van der Waals surface area contributed by atoms with Crippen LogP contribution in [0, 0.1) is 11.7 Å². The zero-order valence-corrected chi connectivity index (χ0v) is 10.1. The molecule has 0 aliphatic heterocycles. The summed E-state index contributed by atoms with van der Waals surface area (Å²) in [5, 5.41) is 9.86. The molecular weight excluding hydrogens is 203 g/mol. The second-order valence-electron chi connectivity index (χ2n) is 4.58. The van der Waals surface area contributed by atoms with E-state index < -0.39 is 6.10 Å². The molecule has 0 bridgehead atoms. The Morgan fingerprint density at radius 1 is 1.31 bits per heavy atom. The zero-order valence-electron chi connectivity index (χ0n) is 10.1. The average Bonchev–Trinajstić information content (AvgIpc) is 2.21. The highest BCUT2D eigenvalue weighted by Crippen LogP contribution is 2.16. The highest BCUT2D eigenvalue weighted by molar-refractivity contribution is 5.17. The minimum Gasteiger partial charge on any atom is -0.393 e. The van der Waals surface area contributed by atoms with E-state index in [0.29, 0.717) is 17.9 Å². The third-order valence-electron chi connectivity index (χ3n) is 2.87. The lowest BCUT2D eigenvalue weighted by atomic mass is 9.95. The molecule has 2 heteroatoms. The number of halogens is 1. The molecule has 90 valence electrons. The Hall–Kier alpha value is -0.890. The van der Waals surface area contributed by atoms with Crippen LogP contribution in [-0.4, -0.2) is 11.2 Å². The van der Waals surface area contributed by atoms with Crippen LogP contribution < -0.4 is 0 Å². The van der Waals surface area contributed by atoms with Crippen LogP contribution >= 0.6 is 0 Å². The van der Waals surface area contributed by atoms with Crippen molar-refractivity contribution in [1.82, 2.24) is 0 Å². The van der Waals surface area contributed by atoms with E-state index in [2.05, 4.69) is 13.8 Å². The van der Waals surface area contributed by atoms with Crippen LogP contribution in [0.3, 0.4) is 0 Å². The molecule has 0 radical (unpaired) electrons. The molecule has 16 heavy (non-hydrogen) atoms. The molecule has 0 aromatic heterocycles. The van der Waals surface area contributed by atoms with Crippen LogP contribution in [0.1, 0.15) is 38.7 Å². The van der Waals surface area contributed by atoms with E-state index in [-0.39, 0.29) is 5.82 Å². The molecule has 2 atom stereocenters. The van der Waals surface area contributed by atoms with E-state index in [1.54, 1.807) is 18.2 Å². The van der Waals surface area contributed by atoms with Crippen molar-refractivity contribution in [3.63, 3.8) is 0 Å². The third kappa shape index (κ3) is 4.31. The maximum atomic E-state index is 13.3. The zero-order chi connectivity index (χ0) is 12.0. The molecule has 1 rings (SSSR count). The largest absolute Gasteiger partial charge is 0.393 e. The maximum Gasteiger partial charge on any atom is 0.126 e. The number of rotatable bonds is 6. The number of hydrogen-bond acceptors (Lipinski definition) is 1. The number of benzene rings is 1. The van der Waals surface area contributed by atoms with E-state index >= 15 is 0 Å². The Labute approximate surface area is 97.3 Å². The minimum absolute atomic E-state index is 0.218. The summed E-state index contributed by atoms with van der Waals surface area (Å²) in [7, 11) is 0. The first kappa shape index (κ1) is 13.2. The molecule has 0 spiro atoms. The average molecular weight is 224 g/mol. The monoisotopic (exact) mass is 224 g/mol. The normalized spacial score (nSPS) is 14.8. The summed E-state index contributed by atoms with van der Waals surface area (Å²) in [5.74, 6) is 0.288. The number of aliphatic hydroxyl groups excluding tert-OH is 1. The molecule has 0 heterocycles. The summed E-state index contributed by atoms with van der Waals surface area (Å²) in [6.07, 6.45) is 2.99. The predicted molar refractivity (Wildman–Crippen MR) is 64.8 cm³/mol. The molecule has 0 aliphatic rings. The SMILES string of the molecule is CCCC(C)CC(O)Cc1ccccc1F. The lowest BCUT2D eigenvalue weighted by Gasteiger charge is -2.16. The van der Waals surface area contributed by atoms with Gasteiger partial charge >= 0.3 is 0 Å². The second kappa shape index (κ2) is 6.64. The van der Waals surface area contributed by atoms with Crippen LogP contribution in [0.5, 0.6) is 0 Å². The van der Waals surface area contributed by atoms with Gasteiger partial charge in [-0.3, -0.25) is 0 Å². The van der Waals surface area contributed by atoms with Gasteiger partial charge in [0.1, 0.15) is 5.82 Å². The van der Waals surface area contributed by atoms with Crippen molar-refractivity contribution in [2.24, 2.45) is 5.92 Å². The van der Waals surface area contributed by atoms with E-state index in [0.717, 1.165) is 19.3 Å². The van der Waals surface area contributed by atoms with Gasteiger partial charge in [-0.25, -0.2) is 4.39 Å².